The molecular weight excluding hydrogens is 362 g/mol. The Labute approximate surface area is 160 Å². The van der Waals surface area contributed by atoms with Crippen molar-refractivity contribution in [1.29, 1.82) is 0 Å². The summed E-state index contributed by atoms with van der Waals surface area (Å²) in [6.07, 6.45) is 1.61. The molecule has 9 nitrogen and oxygen atoms in total. The number of ether oxygens (including phenoxy) is 1. The van der Waals surface area contributed by atoms with E-state index >= 15 is 0 Å². The minimum Gasteiger partial charge on any atom is -0.497 e. The Morgan fingerprint density at radius 3 is 2.82 bits per heavy atom. The lowest BCUT2D eigenvalue weighted by Gasteiger charge is -2.26. The van der Waals surface area contributed by atoms with Crippen molar-refractivity contribution in [1.82, 2.24) is 15.5 Å². The van der Waals surface area contributed by atoms with Crippen LogP contribution in [0.25, 0.3) is 0 Å². The van der Waals surface area contributed by atoms with Gasteiger partial charge >= 0.3 is 6.03 Å². The van der Waals surface area contributed by atoms with Crippen molar-refractivity contribution >= 4 is 23.6 Å². The van der Waals surface area contributed by atoms with E-state index in [1.54, 1.807) is 24.3 Å². The highest BCUT2D eigenvalue weighted by Gasteiger charge is 2.48. The lowest BCUT2D eigenvalue weighted by Crippen LogP contribution is -2.54. The Kier molecular flexibility index (Phi) is 4.04. The zero-order valence-electron chi connectivity index (χ0n) is 15.0. The summed E-state index contributed by atoms with van der Waals surface area (Å²) in [6, 6.07) is 4.57. The first kappa shape index (κ1) is 17.6. The molecule has 28 heavy (non-hydrogen) atoms. The molecule has 0 unspecified atom stereocenters. The van der Waals surface area contributed by atoms with Crippen LogP contribution in [0.5, 0.6) is 5.75 Å². The number of hydrogen-bond acceptors (Lipinski definition) is 6. The highest BCUT2D eigenvalue weighted by molar-refractivity contribution is 6.14. The molecule has 3 heterocycles. The first-order valence-electron chi connectivity index (χ1n) is 8.54. The van der Waals surface area contributed by atoms with Crippen LogP contribution < -0.4 is 21.1 Å². The molecule has 3 aliphatic heterocycles. The van der Waals surface area contributed by atoms with Gasteiger partial charge in [0.2, 0.25) is 5.54 Å². The number of benzene rings is 1. The standard InChI is InChI=1S/C19H17N5O4/c1-28-14-3-2-11-9-24(16(25)15(11)7-14)10-19(17(26)22-18(27)23-19)5-4-13-6-12(20)8-21-13/h2-3,6-7H,8-10,20H2,1H3,(H2,22,23,26,27)/t19-/m1/s1. The molecule has 0 saturated carbocycles. The van der Waals surface area contributed by atoms with Crippen molar-refractivity contribution in [2.45, 2.75) is 12.1 Å². The maximum absolute atomic E-state index is 12.8. The van der Waals surface area contributed by atoms with Crippen LogP contribution in [0.3, 0.4) is 0 Å². The minimum atomic E-state index is -1.56. The molecule has 1 atom stereocenters. The first-order valence-corrected chi connectivity index (χ1v) is 8.54. The summed E-state index contributed by atoms with van der Waals surface area (Å²) in [5.41, 5.74) is 6.42. The third-order valence-corrected chi connectivity index (χ3v) is 4.72. The van der Waals surface area contributed by atoms with Crippen LogP contribution in [-0.4, -0.2) is 54.2 Å². The van der Waals surface area contributed by atoms with Crippen molar-refractivity contribution in [2.75, 3.05) is 20.2 Å². The van der Waals surface area contributed by atoms with Crippen LogP contribution in [0.1, 0.15) is 15.9 Å². The summed E-state index contributed by atoms with van der Waals surface area (Å²) >= 11 is 0. The molecule has 0 radical (unpaired) electrons. The number of carbonyl (C=O) groups is 3. The molecule has 0 aliphatic carbocycles. The number of rotatable bonds is 3. The number of nitrogens with zero attached hydrogens (tertiary/aromatic N) is 2. The Bertz CT molecular complexity index is 1030. The van der Waals surface area contributed by atoms with Crippen LogP contribution >= 0.6 is 0 Å². The van der Waals surface area contributed by atoms with E-state index in [0.717, 1.165) is 5.56 Å². The average molecular weight is 379 g/mol. The number of carbonyl (C=O) groups excluding carboxylic acids is 3. The Morgan fingerprint density at radius 2 is 2.18 bits per heavy atom. The predicted molar refractivity (Wildman–Crippen MR) is 99.5 cm³/mol. The summed E-state index contributed by atoms with van der Waals surface area (Å²) in [5.74, 6) is 5.28. The average Bonchev–Trinajstić information content (AvgIpc) is 3.30. The van der Waals surface area contributed by atoms with Crippen LogP contribution in [0, 0.1) is 11.8 Å². The second kappa shape index (κ2) is 6.42. The fourth-order valence-corrected chi connectivity index (χ4v) is 3.30. The predicted octanol–water partition coefficient (Wildman–Crippen LogP) is -0.470. The topological polar surface area (TPSA) is 126 Å². The molecule has 1 saturated heterocycles. The van der Waals surface area contributed by atoms with E-state index in [1.165, 1.54) is 12.0 Å². The van der Waals surface area contributed by atoms with Gasteiger partial charge in [-0.05, 0) is 29.7 Å². The van der Waals surface area contributed by atoms with Gasteiger partial charge in [-0.1, -0.05) is 12.0 Å². The lowest BCUT2D eigenvalue weighted by atomic mass is 9.99. The van der Waals surface area contributed by atoms with Crippen molar-refractivity contribution in [3.63, 3.8) is 0 Å². The molecule has 0 bridgehead atoms. The van der Waals surface area contributed by atoms with Gasteiger partial charge in [0, 0.05) is 17.8 Å². The van der Waals surface area contributed by atoms with Gasteiger partial charge in [-0.25, -0.2) is 4.79 Å². The summed E-state index contributed by atoms with van der Waals surface area (Å²) in [6.45, 7) is 0.551. The maximum atomic E-state index is 12.8. The highest BCUT2D eigenvalue weighted by atomic mass is 16.5. The van der Waals surface area contributed by atoms with Crippen LogP contribution in [0.4, 0.5) is 4.79 Å². The largest absolute Gasteiger partial charge is 0.497 e. The van der Waals surface area contributed by atoms with Gasteiger partial charge in [-0.15, -0.1) is 0 Å². The second-order valence-corrected chi connectivity index (χ2v) is 6.67. The van der Waals surface area contributed by atoms with Crippen LogP contribution in [0.2, 0.25) is 0 Å². The molecule has 9 heteroatoms. The van der Waals surface area contributed by atoms with Crippen molar-refractivity contribution in [3.05, 3.63) is 41.1 Å². The Morgan fingerprint density at radius 1 is 1.36 bits per heavy atom. The normalized spacial score (nSPS) is 22.8. The molecule has 4 rings (SSSR count). The fourth-order valence-electron chi connectivity index (χ4n) is 3.30. The zero-order valence-corrected chi connectivity index (χ0v) is 15.0. The number of nitrogens with one attached hydrogen (secondary N) is 2. The SMILES string of the molecule is COc1ccc2c(c1)C(=O)N(C[C@@]1(C#CC3=NCC(N)=C3)NC(=O)NC1=O)C2. The van der Waals surface area contributed by atoms with Crippen molar-refractivity contribution in [2.24, 2.45) is 10.7 Å². The fraction of sp³-hybridized carbons (Fsp3) is 0.263. The molecule has 0 aromatic heterocycles. The molecule has 1 fully saturated rings. The molecule has 1 aromatic carbocycles. The summed E-state index contributed by atoms with van der Waals surface area (Å²) in [7, 11) is 1.52. The Balaban J connectivity index is 1.63. The van der Waals surface area contributed by atoms with Crippen molar-refractivity contribution in [3.8, 4) is 17.6 Å². The van der Waals surface area contributed by atoms with E-state index in [1.807, 2.05) is 0 Å². The molecule has 0 spiro atoms. The molecule has 142 valence electrons. The number of fused-ring (bicyclic) bond motifs is 1. The zero-order chi connectivity index (χ0) is 19.9. The molecule has 4 N–H and O–H groups in total. The van der Waals surface area contributed by atoms with Gasteiger partial charge in [0.15, 0.2) is 0 Å². The molecular formula is C19H17N5O4. The number of hydrogen-bond donors (Lipinski definition) is 3. The van der Waals surface area contributed by atoms with E-state index in [-0.39, 0.29) is 12.5 Å². The maximum Gasteiger partial charge on any atom is 0.323 e. The van der Waals surface area contributed by atoms with Gasteiger partial charge in [-0.3, -0.25) is 19.9 Å². The summed E-state index contributed by atoms with van der Waals surface area (Å²) in [4.78, 5) is 42.7. The first-order chi connectivity index (χ1) is 13.4. The number of amides is 4. The van der Waals surface area contributed by atoms with Gasteiger partial charge in [0.25, 0.3) is 11.8 Å². The Hall–Kier alpha value is -3.80. The molecule has 3 aliphatic rings. The van der Waals surface area contributed by atoms with Gasteiger partial charge in [0.1, 0.15) is 11.5 Å². The smallest absolute Gasteiger partial charge is 0.323 e. The quantitative estimate of drug-likeness (QED) is 0.483. The number of urea groups is 1. The monoisotopic (exact) mass is 379 g/mol. The van der Waals surface area contributed by atoms with E-state index in [2.05, 4.69) is 27.5 Å². The summed E-state index contributed by atoms with van der Waals surface area (Å²) in [5, 5.41) is 4.74. The van der Waals surface area contributed by atoms with Gasteiger partial charge in [0.05, 0.1) is 20.2 Å². The van der Waals surface area contributed by atoms with Crippen LogP contribution in [-0.2, 0) is 11.3 Å². The third kappa shape index (κ3) is 2.95. The number of nitrogens with two attached hydrogens (primary N) is 1. The molecule has 4 amide bonds. The summed E-state index contributed by atoms with van der Waals surface area (Å²) < 4.78 is 5.17. The number of methoxy groups -OCH3 is 1. The van der Waals surface area contributed by atoms with Gasteiger partial charge in [-0.2, -0.15) is 0 Å². The third-order valence-electron chi connectivity index (χ3n) is 4.72. The molecule has 1 aromatic rings. The number of allylic oxidation sites excluding steroid dienone is 1. The number of aliphatic imine (C=N–C) groups is 1. The van der Waals surface area contributed by atoms with Crippen molar-refractivity contribution < 1.29 is 19.1 Å². The van der Waals surface area contributed by atoms with Crippen LogP contribution in [0.15, 0.2) is 35.0 Å². The highest BCUT2D eigenvalue weighted by Crippen LogP contribution is 2.28. The minimum absolute atomic E-state index is 0.0973. The second-order valence-electron chi connectivity index (χ2n) is 6.67. The van der Waals surface area contributed by atoms with E-state index < -0.39 is 17.5 Å². The van der Waals surface area contributed by atoms with E-state index in [4.69, 9.17) is 10.5 Å². The number of imide groups is 1. The van der Waals surface area contributed by atoms with E-state index in [9.17, 15) is 14.4 Å². The van der Waals surface area contributed by atoms with E-state index in [0.29, 0.717) is 35.8 Å². The van der Waals surface area contributed by atoms with Gasteiger partial charge < -0.3 is 20.7 Å². The lowest BCUT2D eigenvalue weighted by molar-refractivity contribution is -0.122.